The number of halogens is 1. The summed E-state index contributed by atoms with van der Waals surface area (Å²) in [5.41, 5.74) is 6.98. The largest absolute Gasteiger partial charge is 0.484 e. The third-order valence-electron chi connectivity index (χ3n) is 4.15. The van der Waals surface area contributed by atoms with Gasteiger partial charge < -0.3 is 20.7 Å². The highest BCUT2D eigenvalue weighted by Gasteiger charge is 2.13. The molecule has 2 rings (SSSR count). The maximum Gasteiger partial charge on any atom is 0.259 e. The van der Waals surface area contributed by atoms with E-state index >= 15 is 0 Å². The number of hydrogen-bond donors (Lipinski definition) is 2. The zero-order valence-electron chi connectivity index (χ0n) is 15.0. The second-order valence-electron chi connectivity index (χ2n) is 6.40. The first-order chi connectivity index (χ1) is 11.5. The lowest BCUT2D eigenvalue weighted by atomic mass is 9.96. The van der Waals surface area contributed by atoms with Crippen LogP contribution in [0, 0.1) is 0 Å². The third kappa shape index (κ3) is 7.94. The van der Waals surface area contributed by atoms with Crippen LogP contribution in [0.5, 0.6) is 5.75 Å². The van der Waals surface area contributed by atoms with Crippen LogP contribution in [0.15, 0.2) is 29.3 Å². The Morgan fingerprint density at radius 2 is 2.04 bits per heavy atom. The molecule has 7 heteroatoms. The molecule has 0 saturated heterocycles. The van der Waals surface area contributed by atoms with Crippen LogP contribution in [-0.4, -0.2) is 43.5 Å². The molecule has 1 aliphatic carbocycles. The lowest BCUT2D eigenvalue weighted by Crippen LogP contribution is -2.41. The van der Waals surface area contributed by atoms with Gasteiger partial charge >= 0.3 is 0 Å². The van der Waals surface area contributed by atoms with Gasteiger partial charge in [-0.2, -0.15) is 0 Å². The number of ether oxygens (including phenoxy) is 1. The van der Waals surface area contributed by atoms with Crippen molar-refractivity contribution in [1.29, 1.82) is 0 Å². The minimum Gasteiger partial charge on any atom is -0.484 e. The summed E-state index contributed by atoms with van der Waals surface area (Å²) in [5.74, 6) is 1.09. The van der Waals surface area contributed by atoms with E-state index in [2.05, 4.69) is 10.3 Å². The number of rotatable bonds is 6. The highest BCUT2D eigenvalue weighted by atomic mass is 127. The Bertz CT molecular complexity index is 572. The average Bonchev–Trinajstić information content (AvgIpc) is 2.59. The Morgan fingerprint density at radius 1 is 1.32 bits per heavy atom. The number of hydrogen-bond acceptors (Lipinski definition) is 3. The van der Waals surface area contributed by atoms with Gasteiger partial charge in [0.1, 0.15) is 5.75 Å². The van der Waals surface area contributed by atoms with Gasteiger partial charge in [-0.3, -0.25) is 4.79 Å². The quantitative estimate of drug-likeness (QED) is 0.389. The zero-order valence-corrected chi connectivity index (χ0v) is 17.4. The van der Waals surface area contributed by atoms with E-state index in [-0.39, 0.29) is 36.5 Å². The Hall–Kier alpha value is -1.51. The van der Waals surface area contributed by atoms with E-state index in [0.717, 1.165) is 5.56 Å². The molecule has 1 fully saturated rings. The van der Waals surface area contributed by atoms with Crippen LogP contribution in [0.1, 0.15) is 37.7 Å². The molecule has 0 heterocycles. The Labute approximate surface area is 167 Å². The molecule has 3 N–H and O–H groups in total. The molecule has 0 radical (unpaired) electrons. The first-order valence-corrected chi connectivity index (χ1v) is 8.53. The third-order valence-corrected chi connectivity index (χ3v) is 4.15. The Morgan fingerprint density at radius 3 is 2.72 bits per heavy atom. The second kappa shape index (κ2) is 11.2. The van der Waals surface area contributed by atoms with Crippen molar-refractivity contribution >= 4 is 35.8 Å². The van der Waals surface area contributed by atoms with Crippen LogP contribution >= 0.6 is 24.0 Å². The molecule has 1 amide bonds. The van der Waals surface area contributed by atoms with Gasteiger partial charge in [0, 0.05) is 20.1 Å². The van der Waals surface area contributed by atoms with E-state index in [1.54, 1.807) is 14.1 Å². The van der Waals surface area contributed by atoms with Gasteiger partial charge in [-0.05, 0) is 30.5 Å². The monoisotopic (exact) mass is 460 g/mol. The van der Waals surface area contributed by atoms with E-state index in [1.807, 2.05) is 24.3 Å². The van der Waals surface area contributed by atoms with Gasteiger partial charge in [0.2, 0.25) is 0 Å². The van der Waals surface area contributed by atoms with Gasteiger partial charge in [0.15, 0.2) is 12.6 Å². The fourth-order valence-corrected chi connectivity index (χ4v) is 2.69. The van der Waals surface area contributed by atoms with E-state index in [1.165, 1.54) is 37.0 Å². The van der Waals surface area contributed by atoms with Crippen molar-refractivity contribution in [3.63, 3.8) is 0 Å². The summed E-state index contributed by atoms with van der Waals surface area (Å²) >= 11 is 0. The normalized spacial score (nSPS) is 15.2. The number of nitrogens with zero attached hydrogens (tertiary/aromatic N) is 2. The molecule has 1 aliphatic rings. The molecular formula is C18H29IN4O2. The minimum atomic E-state index is -0.0700. The maximum atomic E-state index is 11.6. The van der Waals surface area contributed by atoms with Crippen molar-refractivity contribution in [2.24, 2.45) is 10.7 Å². The smallest absolute Gasteiger partial charge is 0.259 e. The molecule has 1 saturated carbocycles. The Kier molecular flexibility index (Phi) is 9.62. The summed E-state index contributed by atoms with van der Waals surface area (Å²) in [5, 5.41) is 3.30. The number of amides is 1. The maximum absolute atomic E-state index is 11.6. The average molecular weight is 460 g/mol. The molecular weight excluding hydrogens is 431 g/mol. The topological polar surface area (TPSA) is 80.0 Å². The molecule has 0 atom stereocenters. The number of nitrogens with two attached hydrogens (primary N) is 1. The number of benzene rings is 1. The number of carbonyl (C=O) groups excluding carboxylic acids is 1. The molecule has 0 bridgehead atoms. The van der Waals surface area contributed by atoms with Crippen molar-refractivity contribution in [1.82, 2.24) is 10.2 Å². The number of nitrogens with one attached hydrogen (secondary N) is 1. The lowest BCUT2D eigenvalue weighted by Gasteiger charge is -2.23. The summed E-state index contributed by atoms with van der Waals surface area (Å²) < 4.78 is 5.51. The van der Waals surface area contributed by atoms with E-state index in [9.17, 15) is 4.79 Å². The van der Waals surface area contributed by atoms with Crippen LogP contribution in [-0.2, 0) is 11.3 Å². The van der Waals surface area contributed by atoms with Gasteiger partial charge in [0.05, 0.1) is 6.54 Å². The molecule has 0 aromatic heterocycles. The van der Waals surface area contributed by atoms with E-state index in [4.69, 9.17) is 10.5 Å². The SMILES string of the molecule is CN(C)C(=O)COc1cccc(CN=C(N)NC2CCCCC2)c1.I. The van der Waals surface area contributed by atoms with E-state index in [0.29, 0.717) is 24.3 Å². The number of carbonyl (C=O) groups is 1. The van der Waals surface area contributed by atoms with Crippen LogP contribution in [0.3, 0.4) is 0 Å². The van der Waals surface area contributed by atoms with Gasteiger partial charge in [-0.1, -0.05) is 31.4 Å². The summed E-state index contributed by atoms with van der Waals surface area (Å²) in [4.78, 5) is 17.5. The summed E-state index contributed by atoms with van der Waals surface area (Å²) in [6.07, 6.45) is 6.17. The fourth-order valence-electron chi connectivity index (χ4n) is 2.69. The minimum absolute atomic E-state index is 0. The van der Waals surface area contributed by atoms with Gasteiger partial charge in [0.25, 0.3) is 5.91 Å². The van der Waals surface area contributed by atoms with E-state index < -0.39 is 0 Å². The number of aliphatic imine (C=N–C) groups is 1. The zero-order chi connectivity index (χ0) is 17.4. The highest BCUT2D eigenvalue weighted by Crippen LogP contribution is 2.17. The van der Waals surface area contributed by atoms with Crippen molar-refractivity contribution < 1.29 is 9.53 Å². The molecule has 140 valence electrons. The van der Waals surface area contributed by atoms with Crippen molar-refractivity contribution in [3.05, 3.63) is 29.8 Å². The van der Waals surface area contributed by atoms with Gasteiger partial charge in [-0.15, -0.1) is 24.0 Å². The summed E-state index contributed by atoms with van der Waals surface area (Å²) in [7, 11) is 3.41. The predicted molar refractivity (Wildman–Crippen MR) is 111 cm³/mol. The first-order valence-electron chi connectivity index (χ1n) is 8.53. The van der Waals surface area contributed by atoms with Crippen LogP contribution in [0.2, 0.25) is 0 Å². The van der Waals surface area contributed by atoms with Crippen molar-refractivity contribution in [2.45, 2.75) is 44.7 Å². The van der Waals surface area contributed by atoms with Crippen LogP contribution < -0.4 is 15.8 Å². The van der Waals surface area contributed by atoms with Gasteiger partial charge in [-0.25, -0.2) is 4.99 Å². The number of likely N-dealkylation sites (N-methyl/N-ethyl adjacent to an activating group) is 1. The lowest BCUT2D eigenvalue weighted by molar-refractivity contribution is -0.130. The van der Waals surface area contributed by atoms with Crippen molar-refractivity contribution in [2.75, 3.05) is 20.7 Å². The molecule has 25 heavy (non-hydrogen) atoms. The fraction of sp³-hybridized carbons (Fsp3) is 0.556. The molecule has 0 aliphatic heterocycles. The number of guanidine groups is 1. The molecule has 1 aromatic rings. The molecule has 6 nitrogen and oxygen atoms in total. The molecule has 0 unspecified atom stereocenters. The van der Waals surface area contributed by atoms with Crippen LogP contribution in [0.25, 0.3) is 0 Å². The Balaban J connectivity index is 0.00000312. The standard InChI is InChI=1S/C18H28N4O2.HI/c1-22(2)17(23)13-24-16-10-6-7-14(11-16)12-20-18(19)21-15-8-4-3-5-9-15;/h6-7,10-11,15H,3-5,8-9,12-13H2,1-2H3,(H3,19,20,21);1H. The predicted octanol–water partition coefficient (Wildman–Crippen LogP) is 2.51. The van der Waals surface area contributed by atoms with Crippen LogP contribution in [0.4, 0.5) is 0 Å². The molecule has 0 spiro atoms. The second-order valence-corrected chi connectivity index (χ2v) is 6.40. The molecule has 1 aromatic carbocycles. The highest BCUT2D eigenvalue weighted by molar-refractivity contribution is 14.0. The summed E-state index contributed by atoms with van der Waals surface area (Å²) in [6, 6.07) is 8.04. The first kappa shape index (κ1) is 21.5. The van der Waals surface area contributed by atoms with Crippen molar-refractivity contribution in [3.8, 4) is 5.75 Å². The summed E-state index contributed by atoms with van der Waals surface area (Å²) in [6.45, 7) is 0.523.